The van der Waals surface area contributed by atoms with Gasteiger partial charge in [0.25, 0.3) is 0 Å². The lowest BCUT2D eigenvalue weighted by molar-refractivity contribution is 0.101. The maximum atomic E-state index is 11.3. The first-order valence-electron chi connectivity index (χ1n) is 4.48. The fourth-order valence-corrected chi connectivity index (χ4v) is 1.80. The molecule has 0 aliphatic rings. The highest BCUT2D eigenvalue weighted by atomic mass is 79.9. The third-order valence-corrected chi connectivity index (χ3v) is 2.46. The summed E-state index contributed by atoms with van der Waals surface area (Å²) >= 11 is 3.34. The molecule has 1 atom stereocenters. The highest BCUT2D eigenvalue weighted by molar-refractivity contribution is 9.10. The van der Waals surface area contributed by atoms with E-state index in [0.29, 0.717) is 12.0 Å². The second kappa shape index (κ2) is 4.71. The molecule has 0 spiro atoms. The number of hydrogen-bond donors (Lipinski definition) is 1. The van der Waals surface area contributed by atoms with E-state index in [1.807, 2.05) is 12.1 Å². The summed E-state index contributed by atoms with van der Waals surface area (Å²) in [4.78, 5) is 11.3. The zero-order chi connectivity index (χ0) is 10.7. The smallest absolute Gasteiger partial charge is 0.160 e. The molecule has 3 heteroatoms. The van der Waals surface area contributed by atoms with E-state index < -0.39 is 6.10 Å². The Hall–Kier alpha value is -0.670. The molecule has 0 aliphatic carbocycles. The van der Waals surface area contributed by atoms with Crippen LogP contribution in [0.1, 0.15) is 29.8 Å². The first kappa shape index (κ1) is 11.4. The second-order valence-corrected chi connectivity index (χ2v) is 4.33. The van der Waals surface area contributed by atoms with E-state index in [2.05, 4.69) is 15.9 Å². The molecule has 2 nitrogen and oxygen atoms in total. The van der Waals surface area contributed by atoms with Gasteiger partial charge < -0.3 is 5.11 Å². The predicted octanol–water partition coefficient (Wildman–Crippen LogP) is 2.58. The van der Waals surface area contributed by atoms with Crippen LogP contribution in [0.25, 0.3) is 0 Å². The van der Waals surface area contributed by atoms with Crippen molar-refractivity contribution < 1.29 is 9.90 Å². The maximum Gasteiger partial charge on any atom is 0.160 e. The van der Waals surface area contributed by atoms with Gasteiger partial charge in [0, 0.05) is 10.0 Å². The number of carbonyl (C=O) groups is 1. The average molecular weight is 257 g/mol. The van der Waals surface area contributed by atoms with Crippen LogP contribution in [0, 0.1) is 0 Å². The molecule has 14 heavy (non-hydrogen) atoms. The van der Waals surface area contributed by atoms with Crippen LogP contribution in [0.4, 0.5) is 0 Å². The summed E-state index contributed by atoms with van der Waals surface area (Å²) in [5, 5.41) is 9.28. The van der Waals surface area contributed by atoms with Crippen molar-refractivity contribution in [1.82, 2.24) is 0 Å². The molecule has 0 bridgehead atoms. The van der Waals surface area contributed by atoms with E-state index in [4.69, 9.17) is 0 Å². The molecule has 1 aromatic carbocycles. The number of benzene rings is 1. The lowest BCUT2D eigenvalue weighted by Crippen LogP contribution is -2.08. The third-order valence-electron chi connectivity index (χ3n) is 1.96. The quantitative estimate of drug-likeness (QED) is 0.845. The Morgan fingerprint density at radius 3 is 2.71 bits per heavy atom. The summed E-state index contributed by atoms with van der Waals surface area (Å²) in [7, 11) is 0. The number of ketones is 1. The molecule has 1 aromatic rings. The zero-order valence-electron chi connectivity index (χ0n) is 8.25. The van der Waals surface area contributed by atoms with Crippen LogP contribution in [0.5, 0.6) is 0 Å². The fraction of sp³-hybridized carbons (Fsp3) is 0.364. The summed E-state index contributed by atoms with van der Waals surface area (Å²) in [6.45, 7) is 3.25. The van der Waals surface area contributed by atoms with Crippen molar-refractivity contribution in [2.45, 2.75) is 26.4 Å². The lowest BCUT2D eigenvalue weighted by atomic mass is 10.00. The number of carbonyl (C=O) groups excluding carboxylic acids is 1. The van der Waals surface area contributed by atoms with Gasteiger partial charge in [0.05, 0.1) is 6.10 Å². The minimum atomic E-state index is -0.428. The summed E-state index contributed by atoms with van der Waals surface area (Å²) in [5.41, 5.74) is 1.58. The summed E-state index contributed by atoms with van der Waals surface area (Å²) in [5.74, 6) is 0.0353. The Morgan fingerprint density at radius 2 is 2.21 bits per heavy atom. The summed E-state index contributed by atoms with van der Waals surface area (Å²) in [6, 6.07) is 5.50. The molecule has 0 heterocycles. The number of halogens is 1. The summed E-state index contributed by atoms with van der Waals surface area (Å²) in [6.07, 6.45) is 0.0800. The first-order valence-corrected chi connectivity index (χ1v) is 5.27. The van der Waals surface area contributed by atoms with Gasteiger partial charge in [-0.2, -0.15) is 0 Å². The van der Waals surface area contributed by atoms with Crippen LogP contribution in [0.3, 0.4) is 0 Å². The van der Waals surface area contributed by atoms with Crippen molar-refractivity contribution in [2.24, 2.45) is 0 Å². The SMILES string of the molecule is CC(=O)c1ccc(Br)cc1CC(C)O. The standard InChI is InChI=1S/C11H13BrO2/c1-7(13)5-9-6-10(12)3-4-11(9)8(2)14/h3-4,6-7,13H,5H2,1-2H3. The van der Waals surface area contributed by atoms with Gasteiger partial charge in [0.2, 0.25) is 0 Å². The molecule has 0 saturated heterocycles. The van der Waals surface area contributed by atoms with Crippen molar-refractivity contribution in [1.29, 1.82) is 0 Å². The van der Waals surface area contributed by atoms with Gasteiger partial charge in [-0.3, -0.25) is 4.79 Å². The monoisotopic (exact) mass is 256 g/mol. The van der Waals surface area contributed by atoms with Crippen LogP contribution in [0.15, 0.2) is 22.7 Å². The van der Waals surface area contributed by atoms with E-state index in [1.165, 1.54) is 6.92 Å². The van der Waals surface area contributed by atoms with Crippen molar-refractivity contribution in [3.8, 4) is 0 Å². The highest BCUT2D eigenvalue weighted by Gasteiger charge is 2.09. The molecule has 1 N–H and O–H groups in total. The van der Waals surface area contributed by atoms with Crippen LogP contribution >= 0.6 is 15.9 Å². The Morgan fingerprint density at radius 1 is 1.57 bits per heavy atom. The molecule has 0 aliphatic heterocycles. The molecule has 1 unspecified atom stereocenters. The molecule has 0 radical (unpaired) electrons. The Balaban J connectivity index is 3.09. The molecular formula is C11H13BrO2. The Kier molecular flexibility index (Phi) is 3.84. The zero-order valence-corrected chi connectivity index (χ0v) is 9.84. The number of aliphatic hydroxyl groups excluding tert-OH is 1. The molecule has 1 rings (SSSR count). The second-order valence-electron chi connectivity index (χ2n) is 3.41. The minimum absolute atomic E-state index is 0.0353. The van der Waals surface area contributed by atoms with Crippen molar-refractivity contribution in [3.05, 3.63) is 33.8 Å². The van der Waals surface area contributed by atoms with E-state index in [1.54, 1.807) is 13.0 Å². The van der Waals surface area contributed by atoms with Gasteiger partial charge in [-0.25, -0.2) is 0 Å². The molecular weight excluding hydrogens is 244 g/mol. The van der Waals surface area contributed by atoms with Crippen molar-refractivity contribution >= 4 is 21.7 Å². The highest BCUT2D eigenvalue weighted by Crippen LogP contribution is 2.18. The number of hydrogen-bond acceptors (Lipinski definition) is 2. The molecule has 0 fully saturated rings. The number of rotatable bonds is 3. The van der Waals surface area contributed by atoms with E-state index in [0.717, 1.165) is 10.0 Å². The first-order chi connectivity index (χ1) is 6.50. The van der Waals surface area contributed by atoms with Crippen LogP contribution in [0.2, 0.25) is 0 Å². The topological polar surface area (TPSA) is 37.3 Å². The van der Waals surface area contributed by atoms with Gasteiger partial charge in [-0.05, 0) is 38.0 Å². The normalized spacial score (nSPS) is 12.6. The minimum Gasteiger partial charge on any atom is -0.393 e. The number of Topliss-reactive ketones (excluding diaryl/α,β-unsaturated/α-hetero) is 1. The maximum absolute atomic E-state index is 11.3. The van der Waals surface area contributed by atoms with Gasteiger partial charge in [-0.15, -0.1) is 0 Å². The Bertz CT molecular complexity index is 345. The summed E-state index contributed by atoms with van der Waals surface area (Å²) < 4.78 is 0.929. The molecule has 76 valence electrons. The molecule has 0 aromatic heterocycles. The lowest BCUT2D eigenvalue weighted by Gasteiger charge is -2.09. The Labute approximate surface area is 92.1 Å². The third kappa shape index (κ3) is 2.93. The van der Waals surface area contributed by atoms with E-state index >= 15 is 0 Å². The van der Waals surface area contributed by atoms with E-state index in [-0.39, 0.29) is 5.78 Å². The average Bonchev–Trinajstić information content (AvgIpc) is 2.01. The van der Waals surface area contributed by atoms with Gasteiger partial charge in [0.1, 0.15) is 0 Å². The number of aliphatic hydroxyl groups is 1. The van der Waals surface area contributed by atoms with E-state index in [9.17, 15) is 9.90 Å². The predicted molar refractivity (Wildman–Crippen MR) is 59.5 cm³/mol. The fourth-order valence-electron chi connectivity index (χ4n) is 1.39. The van der Waals surface area contributed by atoms with Crippen molar-refractivity contribution in [2.75, 3.05) is 0 Å². The van der Waals surface area contributed by atoms with Crippen LogP contribution < -0.4 is 0 Å². The largest absolute Gasteiger partial charge is 0.393 e. The van der Waals surface area contributed by atoms with Gasteiger partial charge in [-0.1, -0.05) is 22.0 Å². The van der Waals surface area contributed by atoms with Gasteiger partial charge >= 0.3 is 0 Å². The molecule has 0 amide bonds. The van der Waals surface area contributed by atoms with Gasteiger partial charge in [0.15, 0.2) is 5.78 Å². The molecule has 0 saturated carbocycles. The van der Waals surface area contributed by atoms with Crippen LogP contribution in [-0.2, 0) is 6.42 Å². The van der Waals surface area contributed by atoms with Crippen molar-refractivity contribution in [3.63, 3.8) is 0 Å². The van der Waals surface area contributed by atoms with Crippen LogP contribution in [-0.4, -0.2) is 17.0 Å².